The van der Waals surface area contributed by atoms with Gasteiger partial charge >= 0.3 is 0 Å². The van der Waals surface area contributed by atoms with Gasteiger partial charge < -0.3 is 14.8 Å². The number of hydrogen-bond donors (Lipinski definition) is 1. The van der Waals surface area contributed by atoms with Crippen LogP contribution in [0.2, 0.25) is 0 Å². The number of anilines is 1. The molecule has 1 amide bonds. The molecule has 23 heavy (non-hydrogen) atoms. The number of nitrogens with zero attached hydrogens (tertiary/aromatic N) is 5. The summed E-state index contributed by atoms with van der Waals surface area (Å²) >= 11 is 0. The molecule has 1 aliphatic carbocycles. The number of nitriles is 1. The molecule has 2 aromatic rings. The molecule has 0 bridgehead atoms. The smallest absolute Gasteiger partial charge is 0.236 e. The van der Waals surface area contributed by atoms with Gasteiger partial charge in [0.15, 0.2) is 0 Å². The summed E-state index contributed by atoms with van der Waals surface area (Å²) in [5.41, 5.74) is 1.11. The quantitative estimate of drug-likeness (QED) is 0.923. The summed E-state index contributed by atoms with van der Waals surface area (Å²) in [6.07, 6.45) is 5.59. The van der Waals surface area contributed by atoms with Crippen LogP contribution in [0.25, 0.3) is 11.0 Å². The van der Waals surface area contributed by atoms with Crippen molar-refractivity contribution in [3.63, 3.8) is 0 Å². The molecular formula is C16H18N6O. The van der Waals surface area contributed by atoms with Crippen LogP contribution in [0.1, 0.15) is 19.3 Å². The summed E-state index contributed by atoms with van der Waals surface area (Å²) in [7, 11) is 2.07. The van der Waals surface area contributed by atoms with Gasteiger partial charge in [-0.05, 0) is 18.9 Å². The fourth-order valence-electron chi connectivity index (χ4n) is 3.90. The number of H-pyrrole nitrogens is 1. The Hall–Kier alpha value is -2.62. The fraction of sp³-hybridized carbons (Fsp3) is 0.500. The Bertz CT molecular complexity index is 792. The number of rotatable bonds is 3. The van der Waals surface area contributed by atoms with E-state index in [9.17, 15) is 4.79 Å². The van der Waals surface area contributed by atoms with E-state index in [2.05, 4.69) is 26.9 Å². The largest absolute Gasteiger partial charge is 0.356 e. The van der Waals surface area contributed by atoms with Gasteiger partial charge in [-0.25, -0.2) is 9.97 Å². The molecule has 7 nitrogen and oxygen atoms in total. The molecule has 3 heterocycles. The summed E-state index contributed by atoms with van der Waals surface area (Å²) in [6, 6.07) is 4.37. The van der Waals surface area contributed by atoms with Crippen molar-refractivity contribution in [3.8, 4) is 6.07 Å². The molecule has 2 aromatic heterocycles. The summed E-state index contributed by atoms with van der Waals surface area (Å²) in [6.45, 7) is 1.59. The van der Waals surface area contributed by atoms with Gasteiger partial charge in [-0.2, -0.15) is 5.26 Å². The first-order valence-corrected chi connectivity index (χ1v) is 7.77. The number of fused-ring (bicyclic) bond motifs is 1. The standard InChI is InChI=1S/C16H18N6O/c1-21(15-12-3-5-18-14(12)19-10-20-15)11-6-16(7-11)8-22(9-16)13(23)2-4-17/h3,5,10-11H,2,6-9H2,1H3,(H,18,19,20). The average molecular weight is 310 g/mol. The summed E-state index contributed by atoms with van der Waals surface area (Å²) in [5.74, 6) is 0.910. The number of amides is 1. The van der Waals surface area contributed by atoms with Crippen LogP contribution in [-0.2, 0) is 4.79 Å². The first-order valence-electron chi connectivity index (χ1n) is 7.77. The van der Waals surface area contributed by atoms with E-state index >= 15 is 0 Å². The van der Waals surface area contributed by atoms with Crippen molar-refractivity contribution in [1.82, 2.24) is 19.9 Å². The minimum absolute atomic E-state index is 0.00812. The molecular weight excluding hydrogens is 292 g/mol. The number of nitrogens with one attached hydrogen (secondary N) is 1. The molecule has 0 radical (unpaired) electrons. The third kappa shape index (κ3) is 2.13. The second-order valence-electron chi connectivity index (χ2n) is 6.69. The first kappa shape index (κ1) is 14.0. The maximum atomic E-state index is 11.7. The maximum Gasteiger partial charge on any atom is 0.236 e. The van der Waals surface area contributed by atoms with Gasteiger partial charge in [0, 0.05) is 37.8 Å². The number of aromatic nitrogens is 3. The highest BCUT2D eigenvalue weighted by atomic mass is 16.2. The Labute approximate surface area is 133 Å². The Morgan fingerprint density at radius 1 is 1.52 bits per heavy atom. The minimum atomic E-state index is -0.0419. The van der Waals surface area contributed by atoms with E-state index in [4.69, 9.17) is 5.26 Å². The molecule has 4 rings (SSSR count). The lowest BCUT2D eigenvalue weighted by atomic mass is 9.60. The molecule has 1 saturated heterocycles. The van der Waals surface area contributed by atoms with E-state index in [1.165, 1.54) is 0 Å². The van der Waals surface area contributed by atoms with Gasteiger partial charge in [-0.15, -0.1) is 0 Å². The average Bonchev–Trinajstić information content (AvgIpc) is 2.92. The molecule has 1 aliphatic heterocycles. The molecule has 0 atom stereocenters. The van der Waals surface area contributed by atoms with E-state index in [-0.39, 0.29) is 17.7 Å². The SMILES string of the molecule is CN(c1ncnc2[nH]ccc12)C1CC2(C1)CN(C(=O)CC#N)C2. The monoisotopic (exact) mass is 310 g/mol. The highest BCUT2D eigenvalue weighted by Crippen LogP contribution is 2.50. The second kappa shape index (κ2) is 4.95. The first-order chi connectivity index (χ1) is 11.1. The second-order valence-corrected chi connectivity index (χ2v) is 6.69. The van der Waals surface area contributed by atoms with Crippen LogP contribution in [0.5, 0.6) is 0 Å². The van der Waals surface area contributed by atoms with Crippen molar-refractivity contribution in [2.75, 3.05) is 25.0 Å². The Balaban J connectivity index is 1.40. The van der Waals surface area contributed by atoms with E-state index in [1.807, 2.05) is 18.3 Å². The van der Waals surface area contributed by atoms with E-state index < -0.39 is 0 Å². The minimum Gasteiger partial charge on any atom is -0.356 e. The van der Waals surface area contributed by atoms with Crippen LogP contribution in [0, 0.1) is 16.7 Å². The lowest BCUT2D eigenvalue weighted by Crippen LogP contribution is -2.67. The Morgan fingerprint density at radius 2 is 2.30 bits per heavy atom. The summed E-state index contributed by atoms with van der Waals surface area (Å²) < 4.78 is 0. The zero-order valence-electron chi connectivity index (χ0n) is 13.0. The zero-order chi connectivity index (χ0) is 16.0. The topological polar surface area (TPSA) is 88.9 Å². The third-order valence-electron chi connectivity index (χ3n) is 5.19. The van der Waals surface area contributed by atoms with E-state index in [1.54, 1.807) is 11.2 Å². The molecule has 1 saturated carbocycles. The van der Waals surface area contributed by atoms with Gasteiger partial charge in [0.1, 0.15) is 24.2 Å². The van der Waals surface area contributed by atoms with Crippen molar-refractivity contribution in [2.24, 2.45) is 5.41 Å². The summed E-state index contributed by atoms with van der Waals surface area (Å²) in [4.78, 5) is 27.5. The van der Waals surface area contributed by atoms with Crippen LogP contribution in [-0.4, -0.2) is 51.9 Å². The molecule has 2 fully saturated rings. The highest BCUT2D eigenvalue weighted by molar-refractivity contribution is 5.87. The summed E-state index contributed by atoms with van der Waals surface area (Å²) in [5, 5.41) is 9.63. The van der Waals surface area contributed by atoms with Crippen LogP contribution in [0.4, 0.5) is 5.82 Å². The zero-order valence-corrected chi connectivity index (χ0v) is 13.0. The van der Waals surface area contributed by atoms with Gasteiger partial charge in [0.2, 0.25) is 5.91 Å². The third-order valence-corrected chi connectivity index (χ3v) is 5.19. The number of carbonyl (C=O) groups excluding carboxylic acids is 1. The molecule has 0 aromatic carbocycles. The highest BCUT2D eigenvalue weighted by Gasteiger charge is 2.54. The molecule has 1 spiro atoms. The van der Waals surface area contributed by atoms with Gasteiger partial charge in [-0.1, -0.05) is 0 Å². The van der Waals surface area contributed by atoms with Crippen molar-refractivity contribution < 1.29 is 4.79 Å². The molecule has 2 aliphatic rings. The van der Waals surface area contributed by atoms with Crippen molar-refractivity contribution in [3.05, 3.63) is 18.6 Å². The van der Waals surface area contributed by atoms with Gasteiger partial charge in [0.25, 0.3) is 0 Å². The number of aromatic amines is 1. The molecule has 0 unspecified atom stereocenters. The molecule has 1 N–H and O–H groups in total. The maximum absolute atomic E-state index is 11.7. The van der Waals surface area contributed by atoms with E-state index in [0.717, 1.165) is 42.8 Å². The Kier molecular flexibility index (Phi) is 3.01. The Morgan fingerprint density at radius 3 is 3.04 bits per heavy atom. The fourth-order valence-corrected chi connectivity index (χ4v) is 3.90. The van der Waals surface area contributed by atoms with Gasteiger partial charge in [-0.3, -0.25) is 4.79 Å². The molecule has 118 valence electrons. The predicted octanol–water partition coefficient (Wildman–Crippen LogP) is 1.30. The van der Waals surface area contributed by atoms with Crippen molar-refractivity contribution in [2.45, 2.75) is 25.3 Å². The van der Waals surface area contributed by atoms with Crippen LogP contribution < -0.4 is 4.90 Å². The lowest BCUT2D eigenvalue weighted by Gasteiger charge is -2.60. The van der Waals surface area contributed by atoms with Crippen LogP contribution in [0.15, 0.2) is 18.6 Å². The van der Waals surface area contributed by atoms with Crippen molar-refractivity contribution in [1.29, 1.82) is 5.26 Å². The van der Waals surface area contributed by atoms with E-state index in [0.29, 0.717) is 6.04 Å². The van der Waals surface area contributed by atoms with Crippen LogP contribution in [0.3, 0.4) is 0 Å². The number of carbonyl (C=O) groups is 1. The number of likely N-dealkylation sites (tertiary alicyclic amines) is 1. The normalized spacial score (nSPS) is 19.2. The van der Waals surface area contributed by atoms with Crippen LogP contribution >= 0.6 is 0 Å². The van der Waals surface area contributed by atoms with Crippen molar-refractivity contribution >= 4 is 22.8 Å². The number of hydrogen-bond acceptors (Lipinski definition) is 5. The van der Waals surface area contributed by atoms with Gasteiger partial charge in [0.05, 0.1) is 11.5 Å². The lowest BCUT2D eigenvalue weighted by molar-refractivity contribution is -0.150. The predicted molar refractivity (Wildman–Crippen MR) is 84.6 cm³/mol. The molecule has 7 heteroatoms.